The lowest BCUT2D eigenvalue weighted by molar-refractivity contribution is -0.385. The molecule has 0 aliphatic heterocycles. The van der Waals surface area contributed by atoms with Gasteiger partial charge in [-0.1, -0.05) is 45.9 Å². The minimum Gasteiger partial charge on any atom is -0.310 e. The maximum Gasteiger partial charge on any atom is 0.274 e. The van der Waals surface area contributed by atoms with Crippen molar-refractivity contribution < 1.29 is 4.92 Å². The summed E-state index contributed by atoms with van der Waals surface area (Å²) >= 11 is 0. The predicted octanol–water partition coefficient (Wildman–Crippen LogP) is 3.93. The molecule has 0 saturated carbocycles. The van der Waals surface area contributed by atoms with Gasteiger partial charge >= 0.3 is 0 Å². The van der Waals surface area contributed by atoms with Crippen molar-refractivity contribution in [3.63, 3.8) is 0 Å². The molecule has 106 valence electrons. The molecule has 1 N–H and O–H groups in total. The topological polar surface area (TPSA) is 55.2 Å². The van der Waals surface area contributed by atoms with Gasteiger partial charge in [0.2, 0.25) is 0 Å². The molecule has 4 heteroatoms. The quantitative estimate of drug-likeness (QED) is 0.647. The molecule has 0 aliphatic carbocycles. The van der Waals surface area contributed by atoms with Crippen molar-refractivity contribution in [3.05, 3.63) is 39.9 Å². The number of nitrogens with one attached hydrogen (secondary N) is 1. The first-order valence-corrected chi connectivity index (χ1v) is 6.70. The fourth-order valence-electron chi connectivity index (χ4n) is 1.79. The number of hydrogen-bond acceptors (Lipinski definition) is 3. The van der Waals surface area contributed by atoms with E-state index in [9.17, 15) is 10.1 Å². The highest BCUT2D eigenvalue weighted by Gasteiger charge is 2.22. The Kier molecular flexibility index (Phi) is 5.06. The number of nitro groups is 1. The molecular formula is C15H24N2O2. The Labute approximate surface area is 115 Å². The molecular weight excluding hydrogens is 240 g/mol. The third-order valence-corrected chi connectivity index (χ3v) is 3.81. The zero-order chi connectivity index (χ0) is 14.6. The maximum absolute atomic E-state index is 11.0. The molecule has 0 fully saturated rings. The maximum atomic E-state index is 11.0. The van der Waals surface area contributed by atoms with Crippen LogP contribution in [0.5, 0.6) is 0 Å². The van der Waals surface area contributed by atoms with E-state index in [4.69, 9.17) is 0 Å². The van der Waals surface area contributed by atoms with Crippen LogP contribution in [0.2, 0.25) is 0 Å². The normalized spacial score (nSPS) is 15.0. The molecule has 0 radical (unpaired) electrons. The van der Waals surface area contributed by atoms with Gasteiger partial charge in [0, 0.05) is 17.7 Å². The minimum absolute atomic E-state index is 0.0219. The molecule has 0 aromatic heterocycles. The molecule has 0 heterocycles. The van der Waals surface area contributed by atoms with E-state index in [1.54, 1.807) is 12.1 Å². The molecule has 2 unspecified atom stereocenters. The summed E-state index contributed by atoms with van der Waals surface area (Å²) in [6, 6.07) is 6.89. The fraction of sp³-hybridized carbons (Fsp3) is 0.600. The average molecular weight is 264 g/mol. The van der Waals surface area contributed by atoms with E-state index in [2.05, 4.69) is 33.0 Å². The number of benzene rings is 1. The first-order chi connectivity index (χ1) is 8.73. The van der Waals surface area contributed by atoms with Crippen LogP contribution in [0.3, 0.4) is 0 Å². The third kappa shape index (κ3) is 4.31. The SMILES string of the molecule is CC(NCC(C)C(C)(C)C)c1ccccc1[N+](=O)[O-]. The van der Waals surface area contributed by atoms with Gasteiger partial charge in [0.1, 0.15) is 0 Å². The number of para-hydroxylation sites is 1. The van der Waals surface area contributed by atoms with Crippen molar-refractivity contribution in [1.82, 2.24) is 5.32 Å². The first kappa shape index (κ1) is 15.6. The van der Waals surface area contributed by atoms with E-state index in [-0.39, 0.29) is 22.1 Å². The third-order valence-electron chi connectivity index (χ3n) is 3.81. The number of hydrogen-bond donors (Lipinski definition) is 1. The summed E-state index contributed by atoms with van der Waals surface area (Å²) in [5, 5.41) is 14.4. The Morgan fingerprint density at radius 3 is 2.37 bits per heavy atom. The van der Waals surface area contributed by atoms with Crippen molar-refractivity contribution in [3.8, 4) is 0 Å². The van der Waals surface area contributed by atoms with Gasteiger partial charge in [0.05, 0.1) is 4.92 Å². The van der Waals surface area contributed by atoms with Crippen molar-refractivity contribution in [1.29, 1.82) is 0 Å². The van der Waals surface area contributed by atoms with Crippen LogP contribution >= 0.6 is 0 Å². The second kappa shape index (κ2) is 6.15. The molecule has 19 heavy (non-hydrogen) atoms. The highest BCUT2D eigenvalue weighted by Crippen LogP contribution is 2.27. The Balaban J connectivity index is 2.74. The van der Waals surface area contributed by atoms with E-state index in [0.29, 0.717) is 5.92 Å². The number of nitro benzene ring substituents is 1. The number of rotatable bonds is 5. The monoisotopic (exact) mass is 264 g/mol. The van der Waals surface area contributed by atoms with Gasteiger partial charge in [-0.15, -0.1) is 0 Å². The molecule has 0 spiro atoms. The first-order valence-electron chi connectivity index (χ1n) is 6.70. The summed E-state index contributed by atoms with van der Waals surface area (Å²) in [6.07, 6.45) is 0. The van der Waals surface area contributed by atoms with Crippen LogP contribution in [-0.4, -0.2) is 11.5 Å². The van der Waals surface area contributed by atoms with Crippen LogP contribution in [0.15, 0.2) is 24.3 Å². The van der Waals surface area contributed by atoms with Gasteiger partial charge in [0.15, 0.2) is 0 Å². The van der Waals surface area contributed by atoms with E-state index in [0.717, 1.165) is 12.1 Å². The van der Waals surface area contributed by atoms with E-state index >= 15 is 0 Å². The van der Waals surface area contributed by atoms with Crippen LogP contribution in [0.4, 0.5) is 5.69 Å². The van der Waals surface area contributed by atoms with Gasteiger partial charge in [-0.05, 0) is 24.8 Å². The summed E-state index contributed by atoms with van der Waals surface area (Å²) in [5.74, 6) is 0.498. The smallest absolute Gasteiger partial charge is 0.274 e. The summed E-state index contributed by atoms with van der Waals surface area (Å²) in [6.45, 7) is 11.6. The Morgan fingerprint density at radius 2 is 1.84 bits per heavy atom. The highest BCUT2D eigenvalue weighted by molar-refractivity contribution is 5.41. The second-order valence-electron chi connectivity index (χ2n) is 6.21. The van der Waals surface area contributed by atoms with Crippen LogP contribution in [0.1, 0.15) is 46.2 Å². The Hall–Kier alpha value is -1.42. The van der Waals surface area contributed by atoms with Crippen molar-refractivity contribution >= 4 is 5.69 Å². The summed E-state index contributed by atoms with van der Waals surface area (Å²) in [4.78, 5) is 10.7. The van der Waals surface area contributed by atoms with Crippen LogP contribution < -0.4 is 5.32 Å². The highest BCUT2D eigenvalue weighted by atomic mass is 16.6. The average Bonchev–Trinajstić information content (AvgIpc) is 2.34. The molecule has 1 aromatic carbocycles. The fourth-order valence-corrected chi connectivity index (χ4v) is 1.79. The molecule has 0 saturated heterocycles. The summed E-state index contributed by atoms with van der Waals surface area (Å²) < 4.78 is 0. The Bertz CT molecular complexity index is 438. The number of nitrogens with zero attached hydrogens (tertiary/aromatic N) is 1. The van der Waals surface area contributed by atoms with E-state index in [1.807, 2.05) is 19.1 Å². The molecule has 0 bridgehead atoms. The molecule has 1 aromatic rings. The van der Waals surface area contributed by atoms with Gasteiger partial charge < -0.3 is 5.32 Å². The summed E-state index contributed by atoms with van der Waals surface area (Å²) in [7, 11) is 0. The van der Waals surface area contributed by atoms with Gasteiger partial charge in [-0.25, -0.2) is 0 Å². The van der Waals surface area contributed by atoms with E-state index < -0.39 is 0 Å². The lowest BCUT2D eigenvalue weighted by atomic mass is 9.82. The minimum atomic E-state index is -0.319. The zero-order valence-corrected chi connectivity index (χ0v) is 12.4. The van der Waals surface area contributed by atoms with Gasteiger partial charge in [-0.2, -0.15) is 0 Å². The summed E-state index contributed by atoms with van der Waals surface area (Å²) in [5.41, 5.74) is 1.16. The van der Waals surface area contributed by atoms with Crippen molar-refractivity contribution in [2.24, 2.45) is 11.3 Å². The van der Waals surface area contributed by atoms with Crippen molar-refractivity contribution in [2.45, 2.75) is 40.7 Å². The van der Waals surface area contributed by atoms with Crippen LogP contribution in [0.25, 0.3) is 0 Å². The van der Waals surface area contributed by atoms with E-state index in [1.165, 1.54) is 0 Å². The molecule has 0 amide bonds. The zero-order valence-electron chi connectivity index (χ0n) is 12.4. The lowest BCUT2D eigenvalue weighted by Gasteiger charge is -2.28. The predicted molar refractivity (Wildman–Crippen MR) is 78.1 cm³/mol. The van der Waals surface area contributed by atoms with Gasteiger partial charge in [-0.3, -0.25) is 10.1 Å². The Morgan fingerprint density at radius 1 is 1.26 bits per heavy atom. The largest absolute Gasteiger partial charge is 0.310 e. The molecule has 1 rings (SSSR count). The standard InChI is InChI=1S/C15H24N2O2/c1-11(15(3,4)5)10-16-12(2)13-8-6-7-9-14(13)17(18)19/h6-9,11-12,16H,10H2,1-5H3. The van der Waals surface area contributed by atoms with Crippen LogP contribution in [0, 0.1) is 21.4 Å². The second-order valence-corrected chi connectivity index (χ2v) is 6.21. The van der Waals surface area contributed by atoms with Crippen LogP contribution in [-0.2, 0) is 0 Å². The van der Waals surface area contributed by atoms with Gasteiger partial charge in [0.25, 0.3) is 5.69 Å². The molecule has 4 nitrogen and oxygen atoms in total. The lowest BCUT2D eigenvalue weighted by Crippen LogP contribution is -2.31. The molecule has 0 aliphatic rings. The van der Waals surface area contributed by atoms with Crippen molar-refractivity contribution in [2.75, 3.05) is 6.54 Å². The molecule has 2 atom stereocenters.